The predicted molar refractivity (Wildman–Crippen MR) is 282 cm³/mol. The SMILES string of the molecule is CCCCCCCCCCCCCCCCCCCCCC(O)C(COC1OC(CO)C(OC2OC(CO)C(O)C(O)C2O)C(O)C1O)NC(=O)CCCCCCCCCCCCCCCCCCCC. The third kappa shape index (κ3) is 30.4. The molecule has 0 aromatic heterocycles. The summed E-state index contributed by atoms with van der Waals surface area (Å²) in [5.41, 5.74) is 0. The van der Waals surface area contributed by atoms with E-state index in [2.05, 4.69) is 19.2 Å². The fourth-order valence-corrected chi connectivity index (χ4v) is 10.2. The summed E-state index contributed by atoms with van der Waals surface area (Å²) in [5.74, 6) is -0.200. The number of aliphatic hydroxyl groups is 8. The minimum absolute atomic E-state index is 0.200. The van der Waals surface area contributed by atoms with Gasteiger partial charge in [-0.05, 0) is 12.8 Å². The monoisotopic (exact) mass is 1020 g/mol. The maximum absolute atomic E-state index is 13.3. The first-order valence-electron chi connectivity index (χ1n) is 29.8. The standard InChI is InChI=1S/C57H111NO13/c1-3-5-7-9-11-13-15-17-19-21-23-24-26-28-30-32-34-36-38-40-46(61)45(58-49(62)41-39-37-35-33-31-29-27-25-22-20-18-16-14-12-10-8-6-4-2)44-68-56-54(67)52(65)55(48(43-60)70-56)71-57-53(66)51(64)50(63)47(42-59)69-57/h45-48,50-57,59-61,63-67H,3-44H2,1-2H3,(H,58,62). The van der Waals surface area contributed by atoms with Crippen molar-refractivity contribution in [1.82, 2.24) is 5.32 Å². The lowest BCUT2D eigenvalue weighted by molar-refractivity contribution is -0.359. The summed E-state index contributed by atoms with van der Waals surface area (Å²) in [6.45, 7) is 2.90. The third-order valence-electron chi connectivity index (χ3n) is 15.1. The number of ether oxygens (including phenoxy) is 4. The molecular weight excluding hydrogens is 907 g/mol. The molecule has 422 valence electrons. The lowest BCUT2D eigenvalue weighted by atomic mass is 9.97. The summed E-state index contributed by atoms with van der Waals surface area (Å²) in [6.07, 6.45) is 30.9. The molecule has 0 saturated carbocycles. The van der Waals surface area contributed by atoms with E-state index in [-0.39, 0.29) is 12.5 Å². The zero-order chi connectivity index (χ0) is 51.7. The van der Waals surface area contributed by atoms with Crippen molar-refractivity contribution in [2.24, 2.45) is 0 Å². The molecule has 14 heteroatoms. The number of nitrogens with one attached hydrogen (secondary N) is 1. The van der Waals surface area contributed by atoms with Crippen LogP contribution in [0.15, 0.2) is 0 Å². The van der Waals surface area contributed by atoms with Gasteiger partial charge in [0.2, 0.25) is 5.91 Å². The Morgan fingerprint density at radius 2 is 0.803 bits per heavy atom. The predicted octanol–water partition coefficient (Wildman–Crippen LogP) is 9.73. The highest BCUT2D eigenvalue weighted by atomic mass is 16.7. The highest BCUT2D eigenvalue weighted by Gasteiger charge is 2.51. The van der Waals surface area contributed by atoms with Crippen molar-refractivity contribution < 1.29 is 64.6 Å². The van der Waals surface area contributed by atoms with E-state index in [0.717, 1.165) is 51.4 Å². The lowest BCUT2D eigenvalue weighted by Crippen LogP contribution is -2.65. The molecule has 2 aliphatic rings. The fourth-order valence-electron chi connectivity index (χ4n) is 10.2. The number of hydrogen-bond acceptors (Lipinski definition) is 13. The molecule has 2 aliphatic heterocycles. The van der Waals surface area contributed by atoms with Crippen LogP contribution in [0.3, 0.4) is 0 Å². The van der Waals surface area contributed by atoms with Gasteiger partial charge in [-0.15, -0.1) is 0 Å². The molecule has 12 atom stereocenters. The Morgan fingerprint density at radius 3 is 1.20 bits per heavy atom. The summed E-state index contributed by atoms with van der Waals surface area (Å²) in [5, 5.41) is 87.2. The first-order chi connectivity index (χ1) is 34.6. The summed E-state index contributed by atoms with van der Waals surface area (Å²) < 4.78 is 22.8. The Kier molecular flexibility index (Phi) is 41.1. The van der Waals surface area contributed by atoms with Gasteiger partial charge in [-0.3, -0.25) is 4.79 Å². The van der Waals surface area contributed by atoms with E-state index in [1.54, 1.807) is 0 Å². The molecule has 2 fully saturated rings. The maximum atomic E-state index is 13.3. The maximum Gasteiger partial charge on any atom is 0.220 e. The Bertz CT molecular complexity index is 1200. The molecule has 0 bridgehead atoms. The van der Waals surface area contributed by atoms with Crippen LogP contribution in [0.5, 0.6) is 0 Å². The molecule has 2 saturated heterocycles. The van der Waals surface area contributed by atoms with Crippen molar-refractivity contribution in [3.05, 3.63) is 0 Å². The Hall–Kier alpha value is -1.01. The van der Waals surface area contributed by atoms with Gasteiger partial charge in [0.25, 0.3) is 0 Å². The van der Waals surface area contributed by atoms with Gasteiger partial charge in [-0.25, -0.2) is 0 Å². The van der Waals surface area contributed by atoms with Crippen LogP contribution in [-0.4, -0.2) is 140 Å². The molecule has 9 N–H and O–H groups in total. The van der Waals surface area contributed by atoms with E-state index < -0.39 is 86.8 Å². The Morgan fingerprint density at radius 1 is 0.451 bits per heavy atom. The van der Waals surface area contributed by atoms with E-state index in [1.165, 1.54) is 186 Å². The summed E-state index contributed by atoms with van der Waals surface area (Å²) in [7, 11) is 0. The normalized spacial score (nSPS) is 25.7. The van der Waals surface area contributed by atoms with E-state index in [1.807, 2.05) is 0 Å². The molecule has 14 nitrogen and oxygen atoms in total. The fraction of sp³-hybridized carbons (Fsp3) is 0.982. The van der Waals surface area contributed by atoms with Crippen LogP contribution in [0, 0.1) is 0 Å². The summed E-state index contributed by atoms with van der Waals surface area (Å²) in [4.78, 5) is 13.3. The van der Waals surface area contributed by atoms with Gasteiger partial charge in [-0.2, -0.15) is 0 Å². The number of carbonyl (C=O) groups is 1. The Balaban J connectivity index is 1.76. The Labute approximate surface area is 432 Å². The van der Waals surface area contributed by atoms with Crippen molar-refractivity contribution in [2.75, 3.05) is 19.8 Å². The second kappa shape index (κ2) is 44.2. The van der Waals surface area contributed by atoms with Gasteiger partial charge in [0, 0.05) is 6.42 Å². The van der Waals surface area contributed by atoms with Gasteiger partial charge < -0.3 is 65.1 Å². The van der Waals surface area contributed by atoms with E-state index in [4.69, 9.17) is 18.9 Å². The number of aliphatic hydroxyl groups excluding tert-OH is 8. The van der Waals surface area contributed by atoms with Crippen molar-refractivity contribution in [1.29, 1.82) is 0 Å². The number of hydrogen-bond donors (Lipinski definition) is 9. The average Bonchev–Trinajstić information content (AvgIpc) is 3.37. The highest BCUT2D eigenvalue weighted by Crippen LogP contribution is 2.30. The molecule has 2 heterocycles. The van der Waals surface area contributed by atoms with Gasteiger partial charge in [-0.1, -0.05) is 245 Å². The molecule has 0 aliphatic carbocycles. The van der Waals surface area contributed by atoms with Gasteiger partial charge in [0.05, 0.1) is 32.0 Å². The van der Waals surface area contributed by atoms with Gasteiger partial charge in [0.1, 0.15) is 48.8 Å². The molecule has 0 spiro atoms. The van der Waals surface area contributed by atoms with E-state index in [0.29, 0.717) is 12.8 Å². The molecule has 0 aromatic rings. The number of unbranched alkanes of at least 4 members (excludes halogenated alkanes) is 35. The molecule has 12 unspecified atom stereocenters. The van der Waals surface area contributed by atoms with Crippen LogP contribution in [0.2, 0.25) is 0 Å². The minimum Gasteiger partial charge on any atom is -0.394 e. The van der Waals surface area contributed by atoms with Crippen molar-refractivity contribution in [2.45, 2.75) is 338 Å². The summed E-state index contributed by atoms with van der Waals surface area (Å²) >= 11 is 0. The molecule has 0 aromatic carbocycles. The quantitative estimate of drug-likeness (QED) is 0.0259. The van der Waals surface area contributed by atoms with Crippen LogP contribution in [0.25, 0.3) is 0 Å². The largest absolute Gasteiger partial charge is 0.394 e. The lowest BCUT2D eigenvalue weighted by Gasteiger charge is -2.46. The zero-order valence-electron chi connectivity index (χ0n) is 45.2. The molecule has 1 amide bonds. The first-order valence-corrected chi connectivity index (χ1v) is 29.8. The van der Waals surface area contributed by atoms with Crippen molar-refractivity contribution in [3.8, 4) is 0 Å². The average molecular weight is 1020 g/mol. The first kappa shape index (κ1) is 66.1. The molecule has 2 rings (SSSR count). The topological polar surface area (TPSA) is 228 Å². The molecule has 0 radical (unpaired) electrons. The highest BCUT2D eigenvalue weighted by molar-refractivity contribution is 5.76. The van der Waals surface area contributed by atoms with Crippen LogP contribution < -0.4 is 5.32 Å². The van der Waals surface area contributed by atoms with E-state index >= 15 is 0 Å². The zero-order valence-corrected chi connectivity index (χ0v) is 45.2. The molecular formula is C57H111NO13. The van der Waals surface area contributed by atoms with Crippen LogP contribution in [0.4, 0.5) is 0 Å². The summed E-state index contributed by atoms with van der Waals surface area (Å²) in [6, 6.07) is -0.822. The minimum atomic E-state index is -1.78. The number of amides is 1. The van der Waals surface area contributed by atoms with Crippen LogP contribution in [0.1, 0.15) is 264 Å². The van der Waals surface area contributed by atoms with Crippen LogP contribution >= 0.6 is 0 Å². The smallest absolute Gasteiger partial charge is 0.220 e. The van der Waals surface area contributed by atoms with Crippen LogP contribution in [-0.2, 0) is 23.7 Å². The molecule has 71 heavy (non-hydrogen) atoms. The van der Waals surface area contributed by atoms with Gasteiger partial charge in [0.15, 0.2) is 12.6 Å². The second-order valence-electron chi connectivity index (χ2n) is 21.5. The second-order valence-corrected chi connectivity index (χ2v) is 21.5. The third-order valence-corrected chi connectivity index (χ3v) is 15.1. The van der Waals surface area contributed by atoms with Gasteiger partial charge >= 0.3 is 0 Å². The van der Waals surface area contributed by atoms with Crippen molar-refractivity contribution >= 4 is 5.91 Å². The number of carbonyl (C=O) groups excluding carboxylic acids is 1. The number of rotatable bonds is 48. The van der Waals surface area contributed by atoms with E-state index in [9.17, 15) is 45.6 Å². The van der Waals surface area contributed by atoms with Crippen molar-refractivity contribution in [3.63, 3.8) is 0 Å².